The van der Waals surface area contributed by atoms with Crippen molar-refractivity contribution in [1.82, 2.24) is 10.6 Å². The molecule has 0 radical (unpaired) electrons. The summed E-state index contributed by atoms with van der Waals surface area (Å²) in [5, 5.41) is 6.65. The van der Waals surface area contributed by atoms with E-state index < -0.39 is 0 Å². The number of halogens is 1. The summed E-state index contributed by atoms with van der Waals surface area (Å²) in [4.78, 5) is 4.61. The molecule has 0 spiro atoms. The molecule has 1 aliphatic heterocycles. The van der Waals surface area contributed by atoms with Crippen LogP contribution in [0.3, 0.4) is 0 Å². The minimum Gasteiger partial charge on any atom is -0.381 e. The van der Waals surface area contributed by atoms with E-state index in [4.69, 9.17) is 14.2 Å². The van der Waals surface area contributed by atoms with Crippen molar-refractivity contribution < 1.29 is 14.2 Å². The van der Waals surface area contributed by atoms with Crippen LogP contribution in [0.25, 0.3) is 0 Å². The third-order valence-electron chi connectivity index (χ3n) is 4.57. The topological polar surface area (TPSA) is 64.1 Å². The van der Waals surface area contributed by atoms with E-state index >= 15 is 0 Å². The SMILES string of the molecule is CCNC(=NCCCOCC1CCOC1)NCCCOCCc1ccccc1.I. The highest BCUT2D eigenvalue weighted by atomic mass is 127. The Hall–Kier alpha value is -0.900. The van der Waals surface area contributed by atoms with E-state index in [0.29, 0.717) is 5.92 Å². The molecule has 7 heteroatoms. The van der Waals surface area contributed by atoms with Crippen molar-refractivity contribution in [2.45, 2.75) is 32.6 Å². The number of nitrogens with zero attached hydrogens (tertiary/aromatic N) is 1. The van der Waals surface area contributed by atoms with E-state index in [9.17, 15) is 0 Å². The normalized spacial score (nSPS) is 16.4. The molecule has 29 heavy (non-hydrogen) atoms. The molecule has 2 N–H and O–H groups in total. The maximum Gasteiger partial charge on any atom is 0.191 e. The molecule has 1 aromatic rings. The second-order valence-corrected chi connectivity index (χ2v) is 7.05. The lowest BCUT2D eigenvalue weighted by atomic mass is 10.1. The van der Waals surface area contributed by atoms with E-state index in [1.54, 1.807) is 0 Å². The van der Waals surface area contributed by atoms with Crippen molar-refractivity contribution in [3.63, 3.8) is 0 Å². The monoisotopic (exact) mass is 519 g/mol. The number of benzene rings is 1. The Bertz CT molecular complexity index is 525. The van der Waals surface area contributed by atoms with Crippen LogP contribution in [0.5, 0.6) is 0 Å². The number of aliphatic imine (C=N–C) groups is 1. The minimum atomic E-state index is 0. The second kappa shape index (κ2) is 17.9. The molecule has 1 unspecified atom stereocenters. The van der Waals surface area contributed by atoms with Gasteiger partial charge in [-0.05, 0) is 38.2 Å². The maximum absolute atomic E-state index is 5.72. The molecule has 0 aliphatic carbocycles. The van der Waals surface area contributed by atoms with Crippen molar-refractivity contribution in [3.8, 4) is 0 Å². The molecule has 0 amide bonds. The van der Waals surface area contributed by atoms with Crippen LogP contribution in [0.15, 0.2) is 35.3 Å². The highest BCUT2D eigenvalue weighted by molar-refractivity contribution is 14.0. The highest BCUT2D eigenvalue weighted by Gasteiger charge is 2.15. The zero-order valence-electron chi connectivity index (χ0n) is 17.7. The largest absolute Gasteiger partial charge is 0.381 e. The summed E-state index contributed by atoms with van der Waals surface area (Å²) in [6, 6.07) is 10.4. The van der Waals surface area contributed by atoms with Gasteiger partial charge in [0.05, 0.1) is 19.8 Å². The Balaban J connectivity index is 0.00000420. The second-order valence-electron chi connectivity index (χ2n) is 7.05. The molecule has 0 bridgehead atoms. The zero-order chi connectivity index (χ0) is 19.7. The molecule has 1 aromatic carbocycles. The van der Waals surface area contributed by atoms with E-state index in [-0.39, 0.29) is 24.0 Å². The fourth-order valence-corrected chi connectivity index (χ4v) is 2.98. The van der Waals surface area contributed by atoms with Crippen molar-refractivity contribution in [1.29, 1.82) is 0 Å². The van der Waals surface area contributed by atoms with Crippen molar-refractivity contribution in [3.05, 3.63) is 35.9 Å². The smallest absolute Gasteiger partial charge is 0.191 e. The molecule has 1 heterocycles. The van der Waals surface area contributed by atoms with Crippen LogP contribution in [0.1, 0.15) is 31.7 Å². The third kappa shape index (κ3) is 13.1. The number of hydrogen-bond donors (Lipinski definition) is 2. The summed E-state index contributed by atoms with van der Waals surface area (Å²) < 4.78 is 16.8. The first-order valence-electron chi connectivity index (χ1n) is 10.7. The summed E-state index contributed by atoms with van der Waals surface area (Å²) in [5.74, 6) is 1.45. The standard InChI is InChI=1S/C22H37N3O3.HI/c1-2-23-22(25-13-7-15-27-18-21-11-17-28-19-21)24-12-6-14-26-16-10-20-8-4-3-5-9-20;/h3-5,8-9,21H,2,6-7,10-19H2,1H3,(H2,23,24,25);1H. The molecule has 166 valence electrons. The van der Waals surface area contributed by atoms with E-state index in [2.05, 4.69) is 46.8 Å². The molecule has 1 saturated heterocycles. The summed E-state index contributed by atoms with van der Waals surface area (Å²) in [6.45, 7) is 9.40. The van der Waals surface area contributed by atoms with Gasteiger partial charge < -0.3 is 24.8 Å². The van der Waals surface area contributed by atoms with Gasteiger partial charge in [0.25, 0.3) is 0 Å². The first-order chi connectivity index (χ1) is 13.9. The lowest BCUT2D eigenvalue weighted by molar-refractivity contribution is 0.0893. The Kier molecular flexibility index (Phi) is 16.1. The Labute approximate surface area is 193 Å². The molecule has 1 aliphatic rings. The Morgan fingerprint density at radius 1 is 1.10 bits per heavy atom. The molecule has 6 nitrogen and oxygen atoms in total. The van der Waals surface area contributed by atoms with Gasteiger partial charge >= 0.3 is 0 Å². The van der Waals surface area contributed by atoms with Crippen molar-refractivity contribution >= 4 is 29.9 Å². The third-order valence-corrected chi connectivity index (χ3v) is 4.57. The first kappa shape index (κ1) is 26.1. The van der Waals surface area contributed by atoms with Crippen LogP contribution in [-0.2, 0) is 20.6 Å². The van der Waals surface area contributed by atoms with Gasteiger partial charge in [0.1, 0.15) is 0 Å². The van der Waals surface area contributed by atoms with Gasteiger partial charge in [0.15, 0.2) is 5.96 Å². The van der Waals surface area contributed by atoms with Crippen molar-refractivity contribution in [2.75, 3.05) is 59.3 Å². The van der Waals surface area contributed by atoms with Crippen LogP contribution < -0.4 is 10.6 Å². The number of rotatable bonds is 14. The predicted octanol–water partition coefficient (Wildman–Crippen LogP) is 3.25. The predicted molar refractivity (Wildman–Crippen MR) is 129 cm³/mol. The summed E-state index contributed by atoms with van der Waals surface area (Å²) >= 11 is 0. The number of nitrogens with one attached hydrogen (secondary N) is 2. The van der Waals surface area contributed by atoms with Crippen LogP contribution in [0, 0.1) is 5.92 Å². The minimum absolute atomic E-state index is 0. The average Bonchev–Trinajstić information content (AvgIpc) is 3.24. The van der Waals surface area contributed by atoms with Gasteiger partial charge in [0.2, 0.25) is 0 Å². The van der Waals surface area contributed by atoms with Gasteiger partial charge in [-0.25, -0.2) is 0 Å². The molecular formula is C22H38IN3O3. The summed E-state index contributed by atoms with van der Waals surface area (Å²) in [5.41, 5.74) is 1.32. The van der Waals surface area contributed by atoms with Crippen LogP contribution in [0.2, 0.25) is 0 Å². The fraction of sp³-hybridized carbons (Fsp3) is 0.682. The van der Waals surface area contributed by atoms with E-state index in [0.717, 1.165) is 90.9 Å². The molecule has 2 rings (SSSR count). The molecule has 0 saturated carbocycles. The first-order valence-corrected chi connectivity index (χ1v) is 10.7. The van der Waals surface area contributed by atoms with Gasteiger partial charge in [-0.2, -0.15) is 0 Å². The molecule has 0 aromatic heterocycles. The molecule has 1 fully saturated rings. The zero-order valence-corrected chi connectivity index (χ0v) is 20.1. The molecule has 1 atom stereocenters. The van der Waals surface area contributed by atoms with E-state index in [1.165, 1.54) is 5.56 Å². The van der Waals surface area contributed by atoms with E-state index in [1.807, 2.05) is 6.07 Å². The Morgan fingerprint density at radius 2 is 1.93 bits per heavy atom. The number of hydrogen-bond acceptors (Lipinski definition) is 4. The quantitative estimate of drug-likeness (QED) is 0.171. The average molecular weight is 519 g/mol. The fourth-order valence-electron chi connectivity index (χ4n) is 2.98. The lowest BCUT2D eigenvalue weighted by Gasteiger charge is -2.12. The lowest BCUT2D eigenvalue weighted by Crippen LogP contribution is -2.38. The van der Waals surface area contributed by atoms with Crippen LogP contribution in [0.4, 0.5) is 0 Å². The van der Waals surface area contributed by atoms with Crippen molar-refractivity contribution in [2.24, 2.45) is 10.9 Å². The summed E-state index contributed by atoms with van der Waals surface area (Å²) in [6.07, 6.45) is 4.00. The number of guanidine groups is 1. The number of ether oxygens (including phenoxy) is 3. The summed E-state index contributed by atoms with van der Waals surface area (Å²) in [7, 11) is 0. The van der Waals surface area contributed by atoms with Gasteiger partial charge in [-0.15, -0.1) is 24.0 Å². The highest BCUT2D eigenvalue weighted by Crippen LogP contribution is 2.12. The maximum atomic E-state index is 5.72. The van der Waals surface area contributed by atoms with Gasteiger partial charge in [-0.1, -0.05) is 30.3 Å². The molecular weight excluding hydrogens is 481 g/mol. The van der Waals surface area contributed by atoms with Gasteiger partial charge in [0, 0.05) is 45.4 Å². The van der Waals surface area contributed by atoms with Crippen LogP contribution >= 0.6 is 24.0 Å². The van der Waals surface area contributed by atoms with Gasteiger partial charge in [-0.3, -0.25) is 4.99 Å². The van der Waals surface area contributed by atoms with Crippen LogP contribution in [-0.4, -0.2) is 65.2 Å². The Morgan fingerprint density at radius 3 is 2.69 bits per heavy atom.